The molecule has 0 aromatic carbocycles. The summed E-state index contributed by atoms with van der Waals surface area (Å²) in [7, 11) is 0. The lowest BCUT2D eigenvalue weighted by Crippen LogP contribution is -2.43. The number of pyridine rings is 1. The van der Waals surface area contributed by atoms with E-state index in [4.69, 9.17) is 4.74 Å². The van der Waals surface area contributed by atoms with Crippen molar-refractivity contribution in [2.24, 2.45) is 5.92 Å². The Kier molecular flexibility index (Phi) is 4.63. The first-order valence-electron chi connectivity index (χ1n) is 8.32. The fraction of sp³-hybridized carbons (Fsp3) is 0.706. The lowest BCUT2D eigenvalue weighted by atomic mass is 10.0. The molecule has 1 N–H and O–H groups in total. The van der Waals surface area contributed by atoms with Gasteiger partial charge in [0, 0.05) is 25.3 Å². The summed E-state index contributed by atoms with van der Waals surface area (Å²) >= 11 is 0. The number of nitrogens with one attached hydrogen (secondary N) is 1. The zero-order valence-corrected chi connectivity index (χ0v) is 13.2. The van der Waals surface area contributed by atoms with E-state index in [-0.39, 0.29) is 6.10 Å². The number of nitrogens with zero attached hydrogens (tertiary/aromatic N) is 2. The fourth-order valence-corrected chi connectivity index (χ4v) is 2.92. The highest BCUT2D eigenvalue weighted by Crippen LogP contribution is 2.30. The van der Waals surface area contributed by atoms with Crippen LogP contribution in [0.25, 0.3) is 0 Å². The molecular weight excluding hydrogens is 262 g/mol. The number of rotatable bonds is 6. The number of anilines is 1. The van der Waals surface area contributed by atoms with Crippen LogP contribution < -0.4 is 15.0 Å². The van der Waals surface area contributed by atoms with E-state index >= 15 is 0 Å². The molecule has 1 aromatic rings. The fourth-order valence-electron chi connectivity index (χ4n) is 2.92. The summed E-state index contributed by atoms with van der Waals surface area (Å²) in [5.74, 6) is 2.88. The van der Waals surface area contributed by atoms with E-state index in [1.165, 1.54) is 32.2 Å². The largest absolute Gasteiger partial charge is 0.487 e. The van der Waals surface area contributed by atoms with Crippen molar-refractivity contribution in [1.82, 2.24) is 10.3 Å². The number of ether oxygens (including phenoxy) is 1. The molecule has 1 saturated heterocycles. The van der Waals surface area contributed by atoms with Gasteiger partial charge in [0.05, 0.1) is 6.10 Å². The van der Waals surface area contributed by atoms with E-state index in [0.717, 1.165) is 30.6 Å². The number of aromatic nitrogens is 1. The SMILES string of the molecule is CC(C)Oc1cccnc1N1CCC(NCC2CC2)CC1. The third-order valence-corrected chi connectivity index (χ3v) is 4.30. The Morgan fingerprint density at radius 3 is 2.71 bits per heavy atom. The van der Waals surface area contributed by atoms with Gasteiger partial charge in [-0.1, -0.05) is 0 Å². The summed E-state index contributed by atoms with van der Waals surface area (Å²) in [4.78, 5) is 6.91. The molecule has 1 aromatic heterocycles. The van der Waals surface area contributed by atoms with Crippen molar-refractivity contribution in [3.63, 3.8) is 0 Å². The minimum Gasteiger partial charge on any atom is -0.487 e. The van der Waals surface area contributed by atoms with Gasteiger partial charge in [-0.05, 0) is 64.1 Å². The van der Waals surface area contributed by atoms with Gasteiger partial charge in [-0.3, -0.25) is 0 Å². The van der Waals surface area contributed by atoms with Gasteiger partial charge in [0.1, 0.15) is 0 Å². The van der Waals surface area contributed by atoms with Crippen LogP contribution in [0.4, 0.5) is 5.82 Å². The second kappa shape index (κ2) is 6.65. The van der Waals surface area contributed by atoms with Crippen LogP contribution >= 0.6 is 0 Å². The van der Waals surface area contributed by atoms with E-state index in [2.05, 4.69) is 29.0 Å². The average molecular weight is 289 g/mol. The highest BCUT2D eigenvalue weighted by molar-refractivity contribution is 5.52. The van der Waals surface area contributed by atoms with Crippen LogP contribution in [0.15, 0.2) is 18.3 Å². The Balaban J connectivity index is 1.55. The van der Waals surface area contributed by atoms with Crippen molar-refractivity contribution in [3.8, 4) is 5.75 Å². The van der Waals surface area contributed by atoms with Gasteiger partial charge >= 0.3 is 0 Å². The van der Waals surface area contributed by atoms with Crippen molar-refractivity contribution in [2.45, 2.75) is 51.7 Å². The predicted molar refractivity (Wildman–Crippen MR) is 86.0 cm³/mol. The molecule has 4 nitrogen and oxygen atoms in total. The summed E-state index contributed by atoms with van der Waals surface area (Å²) in [5, 5.41) is 3.72. The van der Waals surface area contributed by atoms with Gasteiger partial charge in [-0.25, -0.2) is 4.98 Å². The maximum atomic E-state index is 5.89. The first-order valence-corrected chi connectivity index (χ1v) is 8.32. The molecule has 1 aliphatic heterocycles. The van der Waals surface area contributed by atoms with E-state index in [1.807, 2.05) is 18.3 Å². The van der Waals surface area contributed by atoms with Crippen molar-refractivity contribution in [2.75, 3.05) is 24.5 Å². The van der Waals surface area contributed by atoms with E-state index in [9.17, 15) is 0 Å². The minimum atomic E-state index is 0.186. The van der Waals surface area contributed by atoms with Gasteiger partial charge in [-0.15, -0.1) is 0 Å². The van der Waals surface area contributed by atoms with Crippen LogP contribution in [0, 0.1) is 5.92 Å². The Hall–Kier alpha value is -1.29. The van der Waals surface area contributed by atoms with Gasteiger partial charge in [-0.2, -0.15) is 0 Å². The second-order valence-corrected chi connectivity index (χ2v) is 6.60. The third-order valence-electron chi connectivity index (χ3n) is 4.30. The molecule has 0 bridgehead atoms. The van der Waals surface area contributed by atoms with Crippen LogP contribution in [0.2, 0.25) is 0 Å². The highest BCUT2D eigenvalue weighted by atomic mass is 16.5. The Bertz CT molecular complexity index is 451. The molecule has 4 heteroatoms. The lowest BCUT2D eigenvalue weighted by molar-refractivity contribution is 0.241. The molecule has 1 aliphatic carbocycles. The van der Waals surface area contributed by atoms with Gasteiger partial charge in [0.2, 0.25) is 0 Å². The molecule has 1 saturated carbocycles. The van der Waals surface area contributed by atoms with Gasteiger partial charge in [0.15, 0.2) is 11.6 Å². The first kappa shape index (κ1) is 14.6. The molecule has 0 atom stereocenters. The summed E-state index contributed by atoms with van der Waals surface area (Å²) in [6.45, 7) is 7.47. The Morgan fingerprint density at radius 1 is 1.29 bits per heavy atom. The highest BCUT2D eigenvalue weighted by Gasteiger charge is 2.25. The van der Waals surface area contributed by atoms with Gasteiger partial charge < -0.3 is 15.0 Å². The zero-order valence-electron chi connectivity index (χ0n) is 13.2. The summed E-state index contributed by atoms with van der Waals surface area (Å²) in [6.07, 6.45) is 7.30. The normalized spacial score (nSPS) is 20.0. The first-order chi connectivity index (χ1) is 10.2. The molecule has 0 radical (unpaired) electrons. The van der Waals surface area contributed by atoms with Crippen molar-refractivity contribution in [3.05, 3.63) is 18.3 Å². The smallest absolute Gasteiger partial charge is 0.171 e. The Labute approximate surface area is 127 Å². The predicted octanol–water partition coefficient (Wildman–Crippen LogP) is 2.84. The van der Waals surface area contributed by atoms with Crippen LogP contribution in [0.3, 0.4) is 0 Å². The quantitative estimate of drug-likeness (QED) is 0.874. The summed E-state index contributed by atoms with van der Waals surface area (Å²) in [5.41, 5.74) is 0. The number of hydrogen-bond donors (Lipinski definition) is 1. The minimum absolute atomic E-state index is 0.186. The zero-order chi connectivity index (χ0) is 14.7. The third kappa shape index (κ3) is 4.10. The molecule has 0 amide bonds. The standard InChI is InChI=1S/C17H27N3O/c1-13(2)21-16-4-3-9-18-17(16)20-10-7-15(8-11-20)19-12-14-5-6-14/h3-4,9,13-15,19H,5-8,10-12H2,1-2H3. The molecule has 0 unspecified atom stereocenters. The molecule has 116 valence electrons. The van der Waals surface area contributed by atoms with Crippen LogP contribution in [-0.2, 0) is 0 Å². The Morgan fingerprint density at radius 2 is 2.05 bits per heavy atom. The monoisotopic (exact) mass is 289 g/mol. The van der Waals surface area contributed by atoms with Crippen molar-refractivity contribution < 1.29 is 4.74 Å². The van der Waals surface area contributed by atoms with Crippen molar-refractivity contribution in [1.29, 1.82) is 0 Å². The molecule has 3 rings (SSSR count). The van der Waals surface area contributed by atoms with E-state index < -0.39 is 0 Å². The average Bonchev–Trinajstić information content (AvgIpc) is 3.30. The lowest BCUT2D eigenvalue weighted by Gasteiger charge is -2.34. The molecule has 2 fully saturated rings. The summed E-state index contributed by atoms with van der Waals surface area (Å²) in [6, 6.07) is 4.66. The van der Waals surface area contributed by atoms with Crippen molar-refractivity contribution >= 4 is 5.82 Å². The number of piperidine rings is 1. The number of hydrogen-bond acceptors (Lipinski definition) is 4. The second-order valence-electron chi connectivity index (χ2n) is 6.60. The van der Waals surface area contributed by atoms with Crippen LogP contribution in [-0.4, -0.2) is 36.8 Å². The molecule has 21 heavy (non-hydrogen) atoms. The maximum absolute atomic E-state index is 5.89. The topological polar surface area (TPSA) is 37.4 Å². The molecule has 2 heterocycles. The summed E-state index contributed by atoms with van der Waals surface area (Å²) < 4.78 is 5.89. The van der Waals surface area contributed by atoms with Crippen LogP contribution in [0.1, 0.15) is 39.5 Å². The molecule has 2 aliphatic rings. The van der Waals surface area contributed by atoms with Gasteiger partial charge in [0.25, 0.3) is 0 Å². The molecule has 0 spiro atoms. The van der Waals surface area contributed by atoms with E-state index in [1.54, 1.807) is 0 Å². The molecular formula is C17H27N3O. The van der Waals surface area contributed by atoms with Crippen LogP contribution in [0.5, 0.6) is 5.75 Å². The maximum Gasteiger partial charge on any atom is 0.171 e. The van der Waals surface area contributed by atoms with E-state index in [0.29, 0.717) is 6.04 Å².